The van der Waals surface area contributed by atoms with Crippen LogP contribution in [0.3, 0.4) is 0 Å². The zero-order valence-electron chi connectivity index (χ0n) is 11.5. The van der Waals surface area contributed by atoms with E-state index in [1.54, 1.807) is 0 Å². The first-order valence-corrected chi connectivity index (χ1v) is 9.70. The number of phosphoric ester groups is 1. The molecule has 2 rings (SSSR count). The molecule has 0 aliphatic rings. The summed E-state index contributed by atoms with van der Waals surface area (Å²) >= 11 is 0. The third-order valence-electron chi connectivity index (χ3n) is 2.92. The summed E-state index contributed by atoms with van der Waals surface area (Å²) < 4.78 is 15.2. The molecule has 0 aliphatic heterocycles. The Kier molecular flexibility index (Phi) is 6.10. The summed E-state index contributed by atoms with van der Waals surface area (Å²) in [7, 11) is -4.89. The molecule has 0 radical (unpaired) electrons. The highest BCUT2D eigenvalue weighted by Gasteiger charge is 2.16. The molecule has 0 saturated heterocycles. The summed E-state index contributed by atoms with van der Waals surface area (Å²) in [6.45, 7) is 0.0722. The number of rotatable bonds is 7. The van der Waals surface area contributed by atoms with E-state index in [2.05, 4.69) is 28.8 Å². The van der Waals surface area contributed by atoms with Crippen LogP contribution in [-0.4, -0.2) is 22.6 Å². The summed E-state index contributed by atoms with van der Waals surface area (Å²) in [5.74, 6) is 0. The van der Waals surface area contributed by atoms with Crippen molar-refractivity contribution < 1.29 is 18.9 Å². The van der Waals surface area contributed by atoms with Gasteiger partial charge in [-0.3, -0.25) is 4.52 Å². The van der Waals surface area contributed by atoms with Crippen LogP contribution < -0.4 is 10.6 Å². The summed E-state index contributed by atoms with van der Waals surface area (Å²) in [4.78, 5) is 17.4. The lowest BCUT2D eigenvalue weighted by molar-refractivity contribution is 0.198. The fraction of sp³-hybridized carbons (Fsp3) is 0.200. The molecule has 2 aromatic rings. The molecule has 0 heterocycles. The summed E-state index contributed by atoms with van der Waals surface area (Å²) in [5, 5.41) is 2.52. The minimum Gasteiger partial charge on any atom is -0.303 e. The van der Waals surface area contributed by atoms with E-state index >= 15 is 0 Å². The van der Waals surface area contributed by atoms with Gasteiger partial charge < -0.3 is 9.79 Å². The van der Waals surface area contributed by atoms with Crippen LogP contribution in [0.1, 0.15) is 6.42 Å². The van der Waals surface area contributed by atoms with Gasteiger partial charge in [-0.1, -0.05) is 60.7 Å². The van der Waals surface area contributed by atoms with E-state index in [0.717, 1.165) is 6.16 Å². The number of hydrogen-bond acceptors (Lipinski definition) is 2. The minimum absolute atomic E-state index is 0.0722. The lowest BCUT2D eigenvalue weighted by Gasteiger charge is -2.18. The fourth-order valence-electron chi connectivity index (χ4n) is 2.03. The van der Waals surface area contributed by atoms with Gasteiger partial charge >= 0.3 is 7.82 Å². The molecule has 0 spiro atoms. The minimum atomic E-state index is -4.36. The van der Waals surface area contributed by atoms with Gasteiger partial charge in [0.2, 0.25) is 0 Å². The Bertz CT molecular complexity index is 544. The van der Waals surface area contributed by atoms with Crippen molar-refractivity contribution >= 4 is 26.4 Å². The fourth-order valence-corrected chi connectivity index (χ4v) is 4.72. The number of hydrogen-bond donors (Lipinski definition) is 2. The normalized spacial score (nSPS) is 11.8. The molecular formula is C15H18O4P2. The van der Waals surface area contributed by atoms with Gasteiger partial charge in [-0.05, 0) is 31.1 Å². The largest absolute Gasteiger partial charge is 0.469 e. The third-order valence-corrected chi connectivity index (χ3v) is 6.05. The van der Waals surface area contributed by atoms with Crippen LogP contribution >= 0.6 is 15.7 Å². The van der Waals surface area contributed by atoms with E-state index in [1.165, 1.54) is 10.6 Å². The van der Waals surface area contributed by atoms with Crippen molar-refractivity contribution in [2.24, 2.45) is 0 Å². The standard InChI is InChI=1S/C15H18O4P2/c16-21(17,18)19-12-7-13-20(14-8-3-1-4-9-14)15-10-5-2-6-11-15/h1-6,8-11H,7,12-13H2,(H2,16,17,18). The first-order chi connectivity index (χ1) is 10.1. The topological polar surface area (TPSA) is 66.8 Å². The van der Waals surface area contributed by atoms with Gasteiger partial charge in [0.05, 0.1) is 6.61 Å². The number of phosphoric acid groups is 1. The van der Waals surface area contributed by atoms with Crippen LogP contribution in [0, 0.1) is 0 Å². The molecule has 21 heavy (non-hydrogen) atoms. The highest BCUT2D eigenvalue weighted by molar-refractivity contribution is 7.73. The monoisotopic (exact) mass is 324 g/mol. The second-order valence-electron chi connectivity index (χ2n) is 4.50. The molecule has 0 bridgehead atoms. The lowest BCUT2D eigenvalue weighted by atomic mass is 10.4. The molecular weight excluding hydrogens is 306 g/mol. The van der Waals surface area contributed by atoms with Gasteiger partial charge in [0, 0.05) is 0 Å². The Morgan fingerprint density at radius 3 is 1.81 bits per heavy atom. The Labute approximate surface area is 125 Å². The van der Waals surface area contributed by atoms with Gasteiger partial charge in [-0.15, -0.1) is 0 Å². The molecule has 0 amide bonds. The first kappa shape index (κ1) is 16.4. The molecule has 2 aromatic carbocycles. The third kappa shape index (κ3) is 5.70. The van der Waals surface area contributed by atoms with E-state index in [9.17, 15) is 4.57 Å². The van der Waals surface area contributed by atoms with E-state index in [-0.39, 0.29) is 6.61 Å². The molecule has 2 N–H and O–H groups in total. The quantitative estimate of drug-likeness (QED) is 0.607. The highest BCUT2D eigenvalue weighted by Crippen LogP contribution is 2.38. The van der Waals surface area contributed by atoms with Gasteiger partial charge in [0.25, 0.3) is 0 Å². The molecule has 0 unspecified atom stereocenters. The first-order valence-electron chi connectivity index (χ1n) is 6.64. The van der Waals surface area contributed by atoms with Crippen molar-refractivity contribution in [2.45, 2.75) is 6.42 Å². The second kappa shape index (κ2) is 7.84. The molecule has 6 heteroatoms. The van der Waals surface area contributed by atoms with Crippen molar-refractivity contribution in [3.05, 3.63) is 60.7 Å². The van der Waals surface area contributed by atoms with E-state index in [4.69, 9.17) is 9.79 Å². The van der Waals surface area contributed by atoms with Crippen LogP contribution in [0.4, 0.5) is 0 Å². The maximum Gasteiger partial charge on any atom is 0.469 e. The molecule has 0 atom stereocenters. The van der Waals surface area contributed by atoms with Crippen molar-refractivity contribution in [1.29, 1.82) is 0 Å². The zero-order valence-corrected chi connectivity index (χ0v) is 13.3. The van der Waals surface area contributed by atoms with E-state index in [1.807, 2.05) is 36.4 Å². The van der Waals surface area contributed by atoms with Gasteiger partial charge in [-0.25, -0.2) is 4.57 Å². The zero-order chi connectivity index (χ0) is 15.1. The molecule has 4 nitrogen and oxygen atoms in total. The average molecular weight is 324 g/mol. The summed E-state index contributed by atoms with van der Waals surface area (Å²) in [6, 6.07) is 20.4. The van der Waals surface area contributed by atoms with Crippen molar-refractivity contribution in [3.8, 4) is 0 Å². The van der Waals surface area contributed by atoms with E-state index in [0.29, 0.717) is 6.42 Å². The smallest absolute Gasteiger partial charge is 0.303 e. The summed E-state index contributed by atoms with van der Waals surface area (Å²) in [6.07, 6.45) is 1.45. The maximum absolute atomic E-state index is 10.7. The average Bonchev–Trinajstić information content (AvgIpc) is 2.48. The van der Waals surface area contributed by atoms with Crippen LogP contribution in [0.5, 0.6) is 0 Å². The predicted octanol–water partition coefficient (Wildman–Crippen LogP) is 2.62. The predicted molar refractivity (Wildman–Crippen MR) is 86.6 cm³/mol. The van der Waals surface area contributed by atoms with Crippen molar-refractivity contribution in [1.82, 2.24) is 0 Å². The van der Waals surface area contributed by atoms with Crippen molar-refractivity contribution in [2.75, 3.05) is 12.8 Å². The second-order valence-corrected chi connectivity index (χ2v) is 8.08. The molecule has 0 aliphatic carbocycles. The Morgan fingerprint density at radius 2 is 1.38 bits per heavy atom. The summed E-state index contributed by atoms with van der Waals surface area (Å²) in [5.41, 5.74) is 0. The maximum atomic E-state index is 10.7. The van der Waals surface area contributed by atoms with Gasteiger partial charge in [0.15, 0.2) is 0 Å². The van der Waals surface area contributed by atoms with Crippen LogP contribution in [-0.2, 0) is 9.09 Å². The van der Waals surface area contributed by atoms with Gasteiger partial charge in [-0.2, -0.15) is 0 Å². The van der Waals surface area contributed by atoms with Gasteiger partial charge in [0.1, 0.15) is 0 Å². The lowest BCUT2D eigenvalue weighted by Crippen LogP contribution is -2.14. The number of benzene rings is 2. The van der Waals surface area contributed by atoms with Crippen molar-refractivity contribution in [3.63, 3.8) is 0 Å². The Balaban J connectivity index is 2.05. The molecule has 0 aromatic heterocycles. The SMILES string of the molecule is O=P(O)(O)OCCCP(c1ccccc1)c1ccccc1. The van der Waals surface area contributed by atoms with E-state index < -0.39 is 15.7 Å². The molecule has 112 valence electrons. The molecule has 0 saturated carbocycles. The van der Waals surface area contributed by atoms with Crippen LogP contribution in [0.2, 0.25) is 0 Å². The molecule has 0 fully saturated rings. The Hall–Kier alpha value is -1.02. The highest BCUT2D eigenvalue weighted by atomic mass is 31.2. The van der Waals surface area contributed by atoms with Crippen LogP contribution in [0.25, 0.3) is 0 Å². The van der Waals surface area contributed by atoms with Crippen LogP contribution in [0.15, 0.2) is 60.7 Å². The Morgan fingerprint density at radius 1 is 0.905 bits per heavy atom.